The van der Waals surface area contributed by atoms with Crippen molar-refractivity contribution in [1.29, 1.82) is 0 Å². The zero-order valence-corrected chi connectivity index (χ0v) is 13.2. The van der Waals surface area contributed by atoms with E-state index in [1.807, 2.05) is 0 Å². The monoisotopic (exact) mass is 283 g/mol. The van der Waals surface area contributed by atoms with Crippen LogP contribution in [0.4, 0.5) is 0 Å². The molecule has 2 heteroatoms. The van der Waals surface area contributed by atoms with Crippen molar-refractivity contribution in [1.82, 2.24) is 5.32 Å². The minimum Gasteiger partial charge on any atom is -0.488 e. The zero-order chi connectivity index (χ0) is 14.9. The molecule has 1 saturated carbocycles. The lowest BCUT2D eigenvalue weighted by Gasteiger charge is -2.31. The highest BCUT2D eigenvalue weighted by atomic mass is 16.5. The maximum atomic E-state index is 6.43. The largest absolute Gasteiger partial charge is 0.488 e. The molecule has 1 aliphatic carbocycles. The van der Waals surface area contributed by atoms with Crippen LogP contribution in [0.25, 0.3) is 10.8 Å². The maximum Gasteiger partial charge on any atom is 0.127 e. The van der Waals surface area contributed by atoms with E-state index in [1.54, 1.807) is 0 Å². The third-order valence-electron chi connectivity index (χ3n) is 4.74. The number of fused-ring (bicyclic) bond motifs is 1. The van der Waals surface area contributed by atoms with Crippen LogP contribution < -0.4 is 10.1 Å². The molecule has 1 N–H and O–H groups in total. The van der Waals surface area contributed by atoms with Crippen molar-refractivity contribution in [3.05, 3.63) is 42.5 Å². The Morgan fingerprint density at radius 1 is 1.14 bits per heavy atom. The summed E-state index contributed by atoms with van der Waals surface area (Å²) in [5.41, 5.74) is 0.297. The second-order valence-corrected chi connectivity index (χ2v) is 6.70. The fourth-order valence-corrected chi connectivity index (χ4v) is 3.56. The molecule has 0 spiro atoms. The maximum absolute atomic E-state index is 6.43. The van der Waals surface area contributed by atoms with Crippen molar-refractivity contribution < 1.29 is 4.74 Å². The first kappa shape index (κ1) is 14.4. The van der Waals surface area contributed by atoms with Gasteiger partial charge < -0.3 is 10.1 Å². The minimum absolute atomic E-state index is 0.255. The number of nitrogens with one attached hydrogen (secondary N) is 1. The van der Waals surface area contributed by atoms with Crippen LogP contribution in [0.3, 0.4) is 0 Å². The van der Waals surface area contributed by atoms with E-state index in [1.165, 1.54) is 17.2 Å². The molecule has 0 heterocycles. The summed E-state index contributed by atoms with van der Waals surface area (Å²) in [5.74, 6) is 1.01. The molecule has 2 aromatic rings. The summed E-state index contributed by atoms with van der Waals surface area (Å²) in [7, 11) is 0. The molecule has 112 valence electrons. The Balaban J connectivity index is 1.88. The first-order chi connectivity index (χ1) is 10.1. The van der Waals surface area contributed by atoms with Gasteiger partial charge in [0.2, 0.25) is 0 Å². The molecule has 3 rings (SSSR count). The Labute approximate surface area is 127 Å². The lowest BCUT2D eigenvalue weighted by atomic mass is 9.87. The van der Waals surface area contributed by atoms with Gasteiger partial charge in [-0.05, 0) is 36.3 Å². The second-order valence-electron chi connectivity index (χ2n) is 6.70. The predicted octanol–water partition coefficient (Wildman–Crippen LogP) is 4.39. The Kier molecular flexibility index (Phi) is 3.90. The summed E-state index contributed by atoms with van der Waals surface area (Å²) in [6.07, 6.45) is 2.58. The van der Waals surface area contributed by atoms with Crippen molar-refractivity contribution in [2.75, 3.05) is 6.54 Å². The van der Waals surface area contributed by atoms with Gasteiger partial charge in [0, 0.05) is 11.4 Å². The molecule has 0 aromatic heterocycles. The van der Waals surface area contributed by atoms with E-state index in [4.69, 9.17) is 4.74 Å². The van der Waals surface area contributed by atoms with Gasteiger partial charge in [0.1, 0.15) is 11.9 Å². The number of hydrogen-bond acceptors (Lipinski definition) is 2. The van der Waals surface area contributed by atoms with Crippen molar-refractivity contribution in [3.63, 3.8) is 0 Å². The van der Waals surface area contributed by atoms with E-state index < -0.39 is 0 Å². The second kappa shape index (κ2) is 5.69. The average molecular weight is 283 g/mol. The summed E-state index contributed by atoms with van der Waals surface area (Å²) in [4.78, 5) is 0. The lowest BCUT2D eigenvalue weighted by Crippen LogP contribution is -2.46. The van der Waals surface area contributed by atoms with Gasteiger partial charge in [-0.15, -0.1) is 0 Å². The van der Waals surface area contributed by atoms with Gasteiger partial charge in [-0.25, -0.2) is 0 Å². The minimum atomic E-state index is 0.255. The molecule has 2 aromatic carbocycles. The molecule has 2 unspecified atom stereocenters. The topological polar surface area (TPSA) is 21.3 Å². The fourth-order valence-electron chi connectivity index (χ4n) is 3.56. The Bertz CT molecular complexity index is 614. The lowest BCUT2D eigenvalue weighted by molar-refractivity contribution is 0.143. The molecule has 2 nitrogen and oxygen atoms in total. The summed E-state index contributed by atoms with van der Waals surface area (Å²) in [6, 6.07) is 15.2. The molecule has 0 aliphatic heterocycles. The van der Waals surface area contributed by atoms with Gasteiger partial charge in [-0.1, -0.05) is 57.2 Å². The number of benzene rings is 2. The Morgan fingerprint density at radius 2 is 1.90 bits per heavy atom. The number of ether oxygens (including phenoxy) is 1. The normalized spacial score (nSPS) is 24.3. The first-order valence-electron chi connectivity index (χ1n) is 7.99. The summed E-state index contributed by atoms with van der Waals surface area (Å²) in [5, 5.41) is 6.08. The molecule has 0 amide bonds. The van der Waals surface area contributed by atoms with Gasteiger partial charge in [-0.3, -0.25) is 0 Å². The SMILES string of the molecule is CCNC1C(Oc2cccc3ccccc23)CCC1(C)C. The van der Waals surface area contributed by atoms with Crippen molar-refractivity contribution in [2.24, 2.45) is 5.41 Å². The highest BCUT2D eigenvalue weighted by molar-refractivity contribution is 5.88. The van der Waals surface area contributed by atoms with Crippen molar-refractivity contribution >= 4 is 10.8 Å². The van der Waals surface area contributed by atoms with E-state index in [0.717, 1.165) is 18.7 Å². The fraction of sp³-hybridized carbons (Fsp3) is 0.474. The highest BCUT2D eigenvalue weighted by Crippen LogP contribution is 2.40. The third kappa shape index (κ3) is 2.77. The van der Waals surface area contributed by atoms with Crippen molar-refractivity contribution in [3.8, 4) is 5.75 Å². The summed E-state index contributed by atoms with van der Waals surface area (Å²) in [6.45, 7) is 7.84. The highest BCUT2D eigenvalue weighted by Gasteiger charge is 2.42. The smallest absolute Gasteiger partial charge is 0.127 e. The van der Waals surface area contributed by atoms with Gasteiger partial charge in [-0.2, -0.15) is 0 Å². The average Bonchev–Trinajstić information content (AvgIpc) is 2.76. The van der Waals surface area contributed by atoms with Crippen LogP contribution in [0, 0.1) is 5.41 Å². The van der Waals surface area contributed by atoms with E-state index in [0.29, 0.717) is 11.5 Å². The standard InChI is InChI=1S/C19H25NO/c1-4-20-18-17(12-13-19(18,2)3)21-16-11-7-9-14-8-5-6-10-15(14)16/h5-11,17-18,20H,4,12-13H2,1-3H3. The predicted molar refractivity (Wildman–Crippen MR) is 88.8 cm³/mol. The molecule has 2 atom stereocenters. The van der Waals surface area contributed by atoms with Crippen LogP contribution in [0.5, 0.6) is 5.75 Å². The number of hydrogen-bond donors (Lipinski definition) is 1. The van der Waals surface area contributed by atoms with Gasteiger partial charge in [0.15, 0.2) is 0 Å². The number of likely N-dealkylation sites (N-methyl/N-ethyl adjacent to an activating group) is 1. The van der Waals surface area contributed by atoms with Gasteiger partial charge >= 0.3 is 0 Å². The molecule has 0 saturated heterocycles. The third-order valence-corrected chi connectivity index (χ3v) is 4.74. The summed E-state index contributed by atoms with van der Waals surface area (Å²) < 4.78 is 6.43. The molecular formula is C19H25NO. The molecule has 0 bridgehead atoms. The molecular weight excluding hydrogens is 258 g/mol. The van der Waals surface area contributed by atoms with Crippen LogP contribution in [0.15, 0.2) is 42.5 Å². The van der Waals surface area contributed by atoms with E-state index in [9.17, 15) is 0 Å². The van der Waals surface area contributed by atoms with Crippen LogP contribution in [-0.2, 0) is 0 Å². The van der Waals surface area contributed by atoms with Gasteiger partial charge in [0.25, 0.3) is 0 Å². The van der Waals surface area contributed by atoms with E-state index in [-0.39, 0.29) is 6.10 Å². The van der Waals surface area contributed by atoms with Crippen LogP contribution >= 0.6 is 0 Å². The van der Waals surface area contributed by atoms with Crippen LogP contribution in [0.1, 0.15) is 33.6 Å². The quantitative estimate of drug-likeness (QED) is 0.898. The van der Waals surface area contributed by atoms with E-state index in [2.05, 4.69) is 68.6 Å². The zero-order valence-electron chi connectivity index (χ0n) is 13.2. The van der Waals surface area contributed by atoms with Crippen LogP contribution in [0.2, 0.25) is 0 Å². The van der Waals surface area contributed by atoms with Crippen molar-refractivity contribution in [2.45, 2.75) is 45.8 Å². The Hall–Kier alpha value is -1.54. The molecule has 21 heavy (non-hydrogen) atoms. The summed E-state index contributed by atoms with van der Waals surface area (Å²) >= 11 is 0. The molecule has 1 fully saturated rings. The van der Waals surface area contributed by atoms with Crippen LogP contribution in [-0.4, -0.2) is 18.7 Å². The molecule has 0 radical (unpaired) electrons. The first-order valence-corrected chi connectivity index (χ1v) is 7.99. The van der Waals surface area contributed by atoms with E-state index >= 15 is 0 Å². The van der Waals surface area contributed by atoms with Gasteiger partial charge in [0.05, 0.1) is 0 Å². The number of rotatable bonds is 4. The Morgan fingerprint density at radius 3 is 2.71 bits per heavy atom. The molecule has 1 aliphatic rings.